The lowest BCUT2D eigenvalue weighted by Crippen LogP contribution is -2.40. The van der Waals surface area contributed by atoms with Gasteiger partial charge in [-0.15, -0.1) is 0 Å². The van der Waals surface area contributed by atoms with Gasteiger partial charge in [0.2, 0.25) is 0 Å². The quantitative estimate of drug-likeness (QED) is 0.723. The summed E-state index contributed by atoms with van der Waals surface area (Å²) in [6, 6.07) is 5.64. The molecule has 1 aliphatic heterocycles. The SMILES string of the molecule is C[C@H]1C(c2ccc(F)cc2)=NO[C@H]1C(=O)[O-]. The molecular weight excluding hydrogens is 213 g/mol. The van der Waals surface area contributed by atoms with E-state index in [1.807, 2.05) is 0 Å². The first-order valence-corrected chi connectivity index (χ1v) is 4.80. The Bertz CT molecular complexity index is 441. The van der Waals surface area contributed by atoms with E-state index in [1.54, 1.807) is 6.92 Å². The van der Waals surface area contributed by atoms with E-state index < -0.39 is 18.0 Å². The Morgan fingerprint density at radius 3 is 2.56 bits per heavy atom. The van der Waals surface area contributed by atoms with Gasteiger partial charge in [-0.25, -0.2) is 4.39 Å². The molecule has 5 heteroatoms. The van der Waals surface area contributed by atoms with Gasteiger partial charge in [-0.3, -0.25) is 0 Å². The summed E-state index contributed by atoms with van der Waals surface area (Å²) in [5.41, 5.74) is 1.15. The molecule has 0 aliphatic carbocycles. The lowest BCUT2D eigenvalue weighted by molar-refractivity contribution is -0.317. The van der Waals surface area contributed by atoms with Crippen molar-refractivity contribution in [1.82, 2.24) is 0 Å². The molecule has 0 radical (unpaired) electrons. The van der Waals surface area contributed by atoms with Gasteiger partial charge < -0.3 is 14.7 Å². The summed E-state index contributed by atoms with van der Waals surface area (Å²) in [6.45, 7) is 1.68. The average Bonchev–Trinajstić information content (AvgIpc) is 2.61. The lowest BCUT2D eigenvalue weighted by atomic mass is 9.94. The second-order valence-corrected chi connectivity index (χ2v) is 3.62. The standard InChI is InChI=1S/C11H10FNO3/c1-6-9(13-16-10(6)11(14)15)7-2-4-8(12)5-3-7/h2-6,10H,1H3,(H,14,15)/p-1/t6-,10+/m0/s1. The molecule has 0 saturated heterocycles. The average molecular weight is 222 g/mol. The van der Waals surface area contributed by atoms with E-state index in [0.29, 0.717) is 11.3 Å². The first kappa shape index (κ1) is 10.6. The van der Waals surface area contributed by atoms with Crippen LogP contribution in [0.1, 0.15) is 12.5 Å². The largest absolute Gasteiger partial charge is 0.546 e. The number of carbonyl (C=O) groups is 1. The summed E-state index contributed by atoms with van der Waals surface area (Å²) < 4.78 is 12.7. The molecule has 0 aromatic heterocycles. The van der Waals surface area contributed by atoms with Gasteiger partial charge in [-0.1, -0.05) is 24.2 Å². The molecule has 0 unspecified atom stereocenters. The Hall–Kier alpha value is -1.91. The highest BCUT2D eigenvalue weighted by atomic mass is 19.1. The van der Waals surface area contributed by atoms with Gasteiger partial charge >= 0.3 is 0 Å². The summed E-state index contributed by atoms with van der Waals surface area (Å²) >= 11 is 0. The molecular formula is C11H9FNO3-. The van der Waals surface area contributed by atoms with Crippen LogP contribution in [-0.4, -0.2) is 17.8 Å². The minimum atomic E-state index is -1.30. The van der Waals surface area contributed by atoms with Crippen molar-refractivity contribution in [2.75, 3.05) is 0 Å². The van der Waals surface area contributed by atoms with Crippen molar-refractivity contribution in [1.29, 1.82) is 0 Å². The maximum atomic E-state index is 12.7. The van der Waals surface area contributed by atoms with Crippen LogP contribution in [0.3, 0.4) is 0 Å². The molecule has 1 aliphatic rings. The van der Waals surface area contributed by atoms with E-state index in [9.17, 15) is 14.3 Å². The monoisotopic (exact) mass is 222 g/mol. The lowest BCUT2D eigenvalue weighted by Gasteiger charge is -2.14. The zero-order valence-corrected chi connectivity index (χ0v) is 8.51. The number of benzene rings is 1. The van der Waals surface area contributed by atoms with Crippen LogP contribution in [-0.2, 0) is 9.63 Å². The fraction of sp³-hybridized carbons (Fsp3) is 0.273. The van der Waals surface area contributed by atoms with Crippen LogP contribution < -0.4 is 5.11 Å². The van der Waals surface area contributed by atoms with Crippen molar-refractivity contribution in [3.05, 3.63) is 35.6 Å². The Morgan fingerprint density at radius 2 is 2.06 bits per heavy atom. The molecule has 0 fully saturated rings. The van der Waals surface area contributed by atoms with Crippen molar-refractivity contribution < 1.29 is 19.1 Å². The number of oxime groups is 1. The Morgan fingerprint density at radius 1 is 1.44 bits per heavy atom. The molecule has 16 heavy (non-hydrogen) atoms. The van der Waals surface area contributed by atoms with Gasteiger partial charge in [0, 0.05) is 5.92 Å². The molecule has 1 heterocycles. The van der Waals surface area contributed by atoms with Crippen molar-refractivity contribution in [2.24, 2.45) is 11.1 Å². The molecule has 4 nitrogen and oxygen atoms in total. The van der Waals surface area contributed by atoms with Gasteiger partial charge in [0.15, 0.2) is 6.10 Å². The molecule has 1 aromatic carbocycles. The number of halogens is 1. The van der Waals surface area contributed by atoms with Gasteiger partial charge in [-0.2, -0.15) is 0 Å². The normalized spacial score (nSPS) is 23.8. The van der Waals surface area contributed by atoms with Gasteiger partial charge in [-0.05, 0) is 17.7 Å². The van der Waals surface area contributed by atoms with E-state index in [2.05, 4.69) is 5.16 Å². The van der Waals surface area contributed by atoms with Crippen LogP contribution in [0.4, 0.5) is 4.39 Å². The van der Waals surface area contributed by atoms with Crippen molar-refractivity contribution in [3.63, 3.8) is 0 Å². The predicted octanol–water partition coefficient (Wildman–Crippen LogP) is 0.315. The fourth-order valence-corrected chi connectivity index (χ4v) is 1.61. The van der Waals surface area contributed by atoms with Crippen LogP contribution in [0.25, 0.3) is 0 Å². The highest BCUT2D eigenvalue weighted by Gasteiger charge is 2.32. The molecule has 2 atom stereocenters. The Labute approximate surface area is 91.3 Å². The number of aliphatic carboxylic acids is 1. The molecule has 0 amide bonds. The van der Waals surface area contributed by atoms with Crippen LogP contribution in [0.2, 0.25) is 0 Å². The molecule has 2 rings (SSSR count). The summed E-state index contributed by atoms with van der Waals surface area (Å²) in [5.74, 6) is -2.06. The molecule has 0 bridgehead atoms. The Balaban J connectivity index is 2.24. The minimum Gasteiger partial charge on any atom is -0.546 e. The first-order valence-electron chi connectivity index (χ1n) is 4.80. The van der Waals surface area contributed by atoms with Crippen LogP contribution >= 0.6 is 0 Å². The summed E-state index contributed by atoms with van der Waals surface area (Å²) in [7, 11) is 0. The molecule has 0 saturated carbocycles. The van der Waals surface area contributed by atoms with E-state index in [0.717, 1.165) is 0 Å². The zero-order valence-electron chi connectivity index (χ0n) is 8.51. The van der Waals surface area contributed by atoms with Crippen LogP contribution in [0.5, 0.6) is 0 Å². The molecule has 0 spiro atoms. The fourth-order valence-electron chi connectivity index (χ4n) is 1.61. The van der Waals surface area contributed by atoms with Gasteiger partial charge in [0.1, 0.15) is 5.82 Å². The number of carboxylic acids is 1. The number of hydrogen-bond donors (Lipinski definition) is 0. The minimum absolute atomic E-state index is 0.354. The number of hydrogen-bond acceptors (Lipinski definition) is 4. The number of carbonyl (C=O) groups excluding carboxylic acids is 1. The molecule has 1 aromatic rings. The van der Waals surface area contributed by atoms with Gasteiger partial charge in [0.25, 0.3) is 0 Å². The van der Waals surface area contributed by atoms with Crippen molar-refractivity contribution >= 4 is 11.7 Å². The van der Waals surface area contributed by atoms with Gasteiger partial charge in [0.05, 0.1) is 11.7 Å². The zero-order chi connectivity index (χ0) is 11.7. The molecule has 84 valence electrons. The van der Waals surface area contributed by atoms with E-state index in [-0.39, 0.29) is 5.82 Å². The topological polar surface area (TPSA) is 61.7 Å². The third-order valence-corrected chi connectivity index (χ3v) is 2.52. The highest BCUT2D eigenvalue weighted by Crippen LogP contribution is 2.22. The van der Waals surface area contributed by atoms with E-state index in [1.165, 1.54) is 24.3 Å². The number of nitrogens with zero attached hydrogens (tertiary/aromatic N) is 1. The predicted molar refractivity (Wildman–Crippen MR) is 52.0 cm³/mol. The van der Waals surface area contributed by atoms with Crippen molar-refractivity contribution in [3.8, 4) is 0 Å². The van der Waals surface area contributed by atoms with E-state index in [4.69, 9.17) is 4.84 Å². The second kappa shape index (κ2) is 3.92. The third kappa shape index (κ3) is 1.76. The third-order valence-electron chi connectivity index (χ3n) is 2.52. The Kier molecular flexibility index (Phi) is 2.60. The second-order valence-electron chi connectivity index (χ2n) is 3.62. The van der Waals surface area contributed by atoms with Crippen LogP contribution in [0.15, 0.2) is 29.4 Å². The molecule has 0 N–H and O–H groups in total. The first-order chi connectivity index (χ1) is 7.59. The van der Waals surface area contributed by atoms with E-state index >= 15 is 0 Å². The summed E-state index contributed by atoms with van der Waals surface area (Å²) in [6.07, 6.45) is -1.07. The smallest absolute Gasteiger partial charge is 0.174 e. The summed E-state index contributed by atoms with van der Waals surface area (Å²) in [5, 5.41) is 14.4. The van der Waals surface area contributed by atoms with Crippen molar-refractivity contribution in [2.45, 2.75) is 13.0 Å². The highest BCUT2D eigenvalue weighted by molar-refractivity contribution is 6.04. The van der Waals surface area contributed by atoms with Crippen LogP contribution in [0, 0.1) is 11.7 Å². The summed E-state index contributed by atoms with van der Waals surface area (Å²) in [4.78, 5) is 15.4. The number of rotatable bonds is 2. The maximum absolute atomic E-state index is 12.7. The maximum Gasteiger partial charge on any atom is 0.174 e. The number of carboxylic acid groups (broad SMARTS) is 1.